The van der Waals surface area contributed by atoms with Crippen LogP contribution in [0.1, 0.15) is 19.3 Å². The fraction of sp³-hybridized carbons (Fsp3) is 0.381. The number of hydrogen-bond acceptors (Lipinski definition) is 5. The van der Waals surface area contributed by atoms with E-state index in [0.29, 0.717) is 11.8 Å². The van der Waals surface area contributed by atoms with Crippen molar-refractivity contribution in [3.8, 4) is 17.1 Å². The number of fused-ring (bicyclic) bond motifs is 3. The molecule has 0 aliphatic carbocycles. The highest BCUT2D eigenvalue weighted by molar-refractivity contribution is 5.93. The number of piperidine rings is 2. The zero-order valence-electron chi connectivity index (χ0n) is 14.7. The number of nitrogens with zero attached hydrogens (tertiary/aromatic N) is 4. The van der Waals surface area contributed by atoms with Crippen LogP contribution < -0.4 is 4.74 Å². The largest absolute Gasteiger partial charge is 0.473 e. The van der Waals surface area contributed by atoms with Gasteiger partial charge in [-0.15, -0.1) is 10.2 Å². The van der Waals surface area contributed by atoms with E-state index in [1.54, 1.807) is 0 Å². The van der Waals surface area contributed by atoms with Gasteiger partial charge in [0.05, 0.1) is 11.2 Å². The second kappa shape index (κ2) is 6.65. The van der Waals surface area contributed by atoms with Gasteiger partial charge in [-0.1, -0.05) is 18.2 Å². The highest BCUT2D eigenvalue weighted by atomic mass is 16.5. The van der Waals surface area contributed by atoms with E-state index in [-0.39, 0.29) is 6.10 Å². The van der Waals surface area contributed by atoms with Gasteiger partial charge in [0.2, 0.25) is 5.88 Å². The van der Waals surface area contributed by atoms with Gasteiger partial charge in [-0.2, -0.15) is 0 Å². The monoisotopic (exact) mass is 346 g/mol. The molecule has 2 bridgehead atoms. The van der Waals surface area contributed by atoms with Gasteiger partial charge < -0.3 is 9.64 Å². The van der Waals surface area contributed by atoms with Crippen molar-refractivity contribution in [2.24, 2.45) is 5.92 Å². The van der Waals surface area contributed by atoms with Crippen LogP contribution in [-0.2, 0) is 0 Å². The van der Waals surface area contributed by atoms with Crippen LogP contribution in [-0.4, -0.2) is 45.8 Å². The maximum absolute atomic E-state index is 6.21. The van der Waals surface area contributed by atoms with E-state index >= 15 is 0 Å². The number of hydrogen-bond donors (Lipinski definition) is 0. The Morgan fingerprint density at radius 2 is 1.96 bits per heavy atom. The Kier molecular flexibility index (Phi) is 4.02. The van der Waals surface area contributed by atoms with Crippen molar-refractivity contribution in [1.29, 1.82) is 0 Å². The molecule has 0 saturated carbocycles. The number of benzene rings is 1. The molecule has 26 heavy (non-hydrogen) atoms. The molecule has 0 amide bonds. The van der Waals surface area contributed by atoms with Gasteiger partial charge in [-0.05, 0) is 44.0 Å². The Balaban J connectivity index is 1.37. The molecule has 2 saturated heterocycles. The summed E-state index contributed by atoms with van der Waals surface area (Å²) < 4.78 is 6.21. The minimum atomic E-state index is 0.272. The molecule has 1 aromatic carbocycles. The molecule has 5 heteroatoms. The Morgan fingerprint density at radius 1 is 0.962 bits per heavy atom. The molecule has 3 atom stereocenters. The third kappa shape index (κ3) is 2.92. The summed E-state index contributed by atoms with van der Waals surface area (Å²) in [6, 6.07) is 14.1. The summed E-state index contributed by atoms with van der Waals surface area (Å²) >= 11 is 0. The molecule has 2 aliphatic heterocycles. The van der Waals surface area contributed by atoms with Gasteiger partial charge in [-0.25, -0.2) is 0 Å². The van der Waals surface area contributed by atoms with Crippen LogP contribution in [0.3, 0.4) is 0 Å². The van der Waals surface area contributed by atoms with Crippen molar-refractivity contribution in [2.75, 3.05) is 19.6 Å². The number of pyridine rings is 1. The van der Waals surface area contributed by atoms with E-state index < -0.39 is 0 Å². The second-order valence-corrected chi connectivity index (χ2v) is 7.28. The minimum absolute atomic E-state index is 0.272. The smallest absolute Gasteiger partial charge is 0.233 e. The molecule has 2 fully saturated rings. The summed E-state index contributed by atoms with van der Waals surface area (Å²) in [5.74, 6) is 1.26. The lowest BCUT2D eigenvalue weighted by molar-refractivity contribution is 0.0123. The highest BCUT2D eigenvalue weighted by Gasteiger charge is 2.33. The summed E-state index contributed by atoms with van der Waals surface area (Å²) in [5, 5.41) is 9.88. The maximum atomic E-state index is 6.21. The topological polar surface area (TPSA) is 51.1 Å². The molecule has 2 aromatic heterocycles. The molecule has 3 unspecified atom stereocenters. The molecule has 0 radical (unpaired) electrons. The summed E-state index contributed by atoms with van der Waals surface area (Å²) in [5.41, 5.74) is 2.87. The number of rotatable bonds is 3. The molecule has 3 aromatic rings. The van der Waals surface area contributed by atoms with E-state index in [1.165, 1.54) is 25.9 Å². The van der Waals surface area contributed by atoms with Gasteiger partial charge in [0.15, 0.2) is 0 Å². The summed E-state index contributed by atoms with van der Waals surface area (Å²) in [7, 11) is 0. The summed E-state index contributed by atoms with van der Waals surface area (Å²) in [6.07, 6.45) is 5.71. The van der Waals surface area contributed by atoms with E-state index in [1.807, 2.05) is 36.5 Å². The number of aromatic nitrogens is 3. The molecular formula is C21H22N4O. The first kappa shape index (κ1) is 15.7. The predicted octanol–water partition coefficient (Wildman–Crippen LogP) is 3.55. The summed E-state index contributed by atoms with van der Waals surface area (Å²) in [4.78, 5) is 6.97. The van der Waals surface area contributed by atoms with Crippen LogP contribution in [0.25, 0.3) is 22.2 Å². The van der Waals surface area contributed by atoms with Crippen molar-refractivity contribution < 1.29 is 4.74 Å². The van der Waals surface area contributed by atoms with E-state index in [2.05, 4.69) is 32.2 Å². The van der Waals surface area contributed by atoms with Gasteiger partial charge in [0.25, 0.3) is 0 Å². The van der Waals surface area contributed by atoms with E-state index in [4.69, 9.17) is 4.74 Å². The first-order chi connectivity index (χ1) is 12.9. The molecule has 5 rings (SSSR count). The Morgan fingerprint density at radius 3 is 2.88 bits per heavy atom. The Hall–Kier alpha value is -2.53. The standard InChI is InChI=1S/C21H22N4O/c1-5-17(16-6-2-11-22-18(16)7-1)19-8-9-21(24-23-19)26-20-10-13-25-12-3-4-15(20)14-25/h1-2,5-9,11,15,20H,3-4,10,12-14H2. The lowest BCUT2D eigenvalue weighted by Gasteiger charge is -2.42. The molecule has 0 N–H and O–H groups in total. The average Bonchev–Trinajstić information content (AvgIpc) is 2.71. The first-order valence-corrected chi connectivity index (χ1v) is 9.44. The lowest BCUT2D eigenvalue weighted by atomic mass is 9.87. The van der Waals surface area contributed by atoms with Crippen LogP contribution >= 0.6 is 0 Å². The fourth-order valence-corrected chi connectivity index (χ4v) is 4.31. The van der Waals surface area contributed by atoms with Gasteiger partial charge in [-0.3, -0.25) is 4.98 Å². The molecule has 2 aliphatic rings. The predicted molar refractivity (Wildman–Crippen MR) is 101 cm³/mol. The SMILES string of the molecule is c1cc(-c2ccc(OC3CCN4CCCC3C4)nn2)c2cccnc2c1. The zero-order chi connectivity index (χ0) is 17.3. The van der Waals surface area contributed by atoms with Crippen LogP contribution in [0.2, 0.25) is 0 Å². The Labute approximate surface area is 153 Å². The van der Waals surface area contributed by atoms with Crippen molar-refractivity contribution in [1.82, 2.24) is 20.1 Å². The van der Waals surface area contributed by atoms with Crippen molar-refractivity contribution >= 4 is 10.9 Å². The van der Waals surface area contributed by atoms with Crippen LogP contribution in [0.4, 0.5) is 0 Å². The third-order valence-corrected chi connectivity index (χ3v) is 5.63. The fourth-order valence-electron chi connectivity index (χ4n) is 4.31. The average molecular weight is 346 g/mol. The Bertz CT molecular complexity index is 906. The van der Waals surface area contributed by atoms with Gasteiger partial charge >= 0.3 is 0 Å². The molecule has 132 valence electrons. The van der Waals surface area contributed by atoms with Crippen molar-refractivity contribution in [3.63, 3.8) is 0 Å². The quantitative estimate of drug-likeness (QED) is 0.726. The van der Waals surface area contributed by atoms with Crippen LogP contribution in [0.15, 0.2) is 48.7 Å². The molecule has 5 nitrogen and oxygen atoms in total. The minimum Gasteiger partial charge on any atom is -0.473 e. The molecular weight excluding hydrogens is 324 g/mol. The van der Waals surface area contributed by atoms with Crippen molar-refractivity contribution in [3.05, 3.63) is 48.7 Å². The summed E-state index contributed by atoms with van der Waals surface area (Å²) in [6.45, 7) is 3.55. The van der Waals surface area contributed by atoms with E-state index in [0.717, 1.165) is 35.1 Å². The normalized spacial score (nSPS) is 25.2. The maximum Gasteiger partial charge on any atom is 0.233 e. The van der Waals surface area contributed by atoms with Gasteiger partial charge in [0.1, 0.15) is 6.10 Å². The highest BCUT2D eigenvalue weighted by Crippen LogP contribution is 2.30. The zero-order valence-corrected chi connectivity index (χ0v) is 14.7. The first-order valence-electron chi connectivity index (χ1n) is 9.44. The van der Waals surface area contributed by atoms with E-state index in [9.17, 15) is 0 Å². The lowest BCUT2D eigenvalue weighted by Crippen LogP contribution is -2.49. The van der Waals surface area contributed by atoms with Crippen molar-refractivity contribution in [2.45, 2.75) is 25.4 Å². The molecule has 4 heterocycles. The molecule has 0 spiro atoms. The number of ether oxygens (including phenoxy) is 1. The second-order valence-electron chi connectivity index (χ2n) is 7.28. The third-order valence-electron chi connectivity index (χ3n) is 5.63. The van der Waals surface area contributed by atoms with Gasteiger partial charge in [0, 0.05) is 42.2 Å². The van der Waals surface area contributed by atoms with Crippen LogP contribution in [0, 0.1) is 5.92 Å². The van der Waals surface area contributed by atoms with Crippen LogP contribution in [0.5, 0.6) is 5.88 Å².